The van der Waals surface area contributed by atoms with Crippen molar-refractivity contribution in [2.75, 3.05) is 0 Å². The van der Waals surface area contributed by atoms with Crippen LogP contribution in [0, 0.1) is 0 Å². The van der Waals surface area contributed by atoms with Gasteiger partial charge in [0.25, 0.3) is 5.91 Å². The van der Waals surface area contributed by atoms with Crippen molar-refractivity contribution in [1.29, 1.82) is 0 Å². The van der Waals surface area contributed by atoms with Crippen molar-refractivity contribution in [2.45, 2.75) is 19.6 Å². The first-order valence-corrected chi connectivity index (χ1v) is 15.0. The molecular formula is C35H27BrN2O2S. The summed E-state index contributed by atoms with van der Waals surface area (Å²) >= 11 is 5.08. The summed E-state index contributed by atoms with van der Waals surface area (Å²) in [6, 6.07) is 40.1. The molecule has 1 fully saturated rings. The van der Waals surface area contributed by atoms with Crippen molar-refractivity contribution in [2.24, 2.45) is 4.99 Å². The summed E-state index contributed by atoms with van der Waals surface area (Å²) in [4.78, 5) is 21.0. The molecule has 6 heteroatoms. The molecule has 1 heterocycles. The summed E-state index contributed by atoms with van der Waals surface area (Å²) in [6.45, 7) is 2.50. The molecule has 1 aliphatic heterocycles. The average molecular weight is 620 g/mol. The lowest BCUT2D eigenvalue weighted by Gasteiger charge is -2.24. The summed E-state index contributed by atoms with van der Waals surface area (Å²) in [6.07, 6.45) is 1.92. The number of fused-ring (bicyclic) bond motifs is 1. The van der Waals surface area contributed by atoms with Gasteiger partial charge in [-0.05, 0) is 92.4 Å². The zero-order valence-corrected chi connectivity index (χ0v) is 24.8. The van der Waals surface area contributed by atoms with Gasteiger partial charge in [-0.15, -0.1) is 0 Å². The minimum atomic E-state index is -0.166. The number of amidine groups is 1. The van der Waals surface area contributed by atoms with Crippen LogP contribution in [0.25, 0.3) is 16.8 Å². The number of ether oxygens (including phenoxy) is 1. The van der Waals surface area contributed by atoms with Crippen LogP contribution in [-0.2, 0) is 11.4 Å². The van der Waals surface area contributed by atoms with Gasteiger partial charge in [0.05, 0.1) is 21.1 Å². The summed E-state index contributed by atoms with van der Waals surface area (Å²) < 4.78 is 7.02. The number of halogens is 1. The molecule has 1 saturated heterocycles. The van der Waals surface area contributed by atoms with E-state index in [2.05, 4.69) is 46.3 Å². The van der Waals surface area contributed by atoms with Crippen LogP contribution in [-0.4, -0.2) is 16.0 Å². The van der Waals surface area contributed by atoms with Gasteiger partial charge >= 0.3 is 0 Å². The van der Waals surface area contributed by atoms with E-state index >= 15 is 0 Å². The average Bonchev–Trinajstić information content (AvgIpc) is 3.30. The molecule has 0 aromatic heterocycles. The van der Waals surface area contributed by atoms with Gasteiger partial charge in [-0.3, -0.25) is 9.69 Å². The highest BCUT2D eigenvalue weighted by Gasteiger charge is 2.37. The van der Waals surface area contributed by atoms with E-state index in [-0.39, 0.29) is 11.9 Å². The van der Waals surface area contributed by atoms with Crippen LogP contribution in [0.2, 0.25) is 0 Å². The Balaban J connectivity index is 1.25. The number of para-hydroxylation sites is 1. The Labute approximate surface area is 252 Å². The van der Waals surface area contributed by atoms with Crippen molar-refractivity contribution in [3.05, 3.63) is 147 Å². The Morgan fingerprint density at radius 1 is 0.878 bits per heavy atom. The lowest BCUT2D eigenvalue weighted by Crippen LogP contribution is -2.32. The third-order valence-corrected chi connectivity index (χ3v) is 8.61. The van der Waals surface area contributed by atoms with E-state index in [9.17, 15) is 4.79 Å². The van der Waals surface area contributed by atoms with Crippen molar-refractivity contribution in [3.8, 4) is 5.75 Å². The van der Waals surface area contributed by atoms with Crippen LogP contribution < -0.4 is 4.74 Å². The number of hydrogen-bond donors (Lipinski definition) is 0. The lowest BCUT2D eigenvalue weighted by atomic mass is 10.1. The summed E-state index contributed by atoms with van der Waals surface area (Å²) in [5, 5.41) is 3.04. The normalized spacial score (nSPS) is 16.0. The first-order valence-electron chi connectivity index (χ1n) is 13.4. The number of thioether (sulfide) groups is 1. The standard InChI is InChI=1S/C35H27BrN2O2S/c1-24(26-11-4-2-5-12-26)38-34(39)33(41-35(38)37-29-16-6-3-7-17-29)22-25-19-20-32(31(36)21-25)40-23-28-15-10-14-27-13-8-9-18-30(27)28/h2-22,24H,23H2,1H3/b33-22+,37-35?/t24-/m1/s1. The Morgan fingerprint density at radius 2 is 1.59 bits per heavy atom. The molecule has 1 atom stereocenters. The topological polar surface area (TPSA) is 41.9 Å². The number of carbonyl (C=O) groups is 1. The van der Waals surface area contributed by atoms with E-state index in [4.69, 9.17) is 9.73 Å². The fraction of sp³-hybridized carbons (Fsp3) is 0.0857. The predicted octanol–water partition coefficient (Wildman–Crippen LogP) is 9.55. The maximum Gasteiger partial charge on any atom is 0.267 e. The minimum absolute atomic E-state index is 0.0616. The Kier molecular flexibility index (Phi) is 8.03. The van der Waals surface area contributed by atoms with E-state index < -0.39 is 0 Å². The van der Waals surface area contributed by atoms with Crippen LogP contribution in [0.15, 0.2) is 136 Å². The van der Waals surface area contributed by atoms with Gasteiger partial charge in [-0.1, -0.05) is 97.1 Å². The number of amides is 1. The van der Waals surface area contributed by atoms with E-state index in [1.807, 2.05) is 104 Å². The van der Waals surface area contributed by atoms with Gasteiger partial charge in [0.1, 0.15) is 12.4 Å². The summed E-state index contributed by atoms with van der Waals surface area (Å²) in [7, 11) is 0. The van der Waals surface area contributed by atoms with Crippen LogP contribution in [0.3, 0.4) is 0 Å². The zero-order chi connectivity index (χ0) is 28.2. The molecule has 4 nitrogen and oxygen atoms in total. The van der Waals surface area contributed by atoms with Crippen LogP contribution in [0.5, 0.6) is 5.75 Å². The molecule has 202 valence electrons. The highest BCUT2D eigenvalue weighted by atomic mass is 79.9. The molecule has 0 saturated carbocycles. The molecule has 1 amide bonds. The molecule has 0 N–H and O–H groups in total. The zero-order valence-electron chi connectivity index (χ0n) is 22.4. The van der Waals surface area contributed by atoms with Crippen molar-refractivity contribution < 1.29 is 9.53 Å². The van der Waals surface area contributed by atoms with Gasteiger partial charge in [0, 0.05) is 0 Å². The van der Waals surface area contributed by atoms with Crippen molar-refractivity contribution >= 4 is 61.3 Å². The predicted molar refractivity (Wildman–Crippen MR) is 173 cm³/mol. The Bertz CT molecular complexity index is 1760. The highest BCUT2D eigenvalue weighted by molar-refractivity contribution is 9.10. The number of rotatable bonds is 7. The van der Waals surface area contributed by atoms with Crippen molar-refractivity contribution in [1.82, 2.24) is 4.90 Å². The molecular weight excluding hydrogens is 592 g/mol. The fourth-order valence-electron chi connectivity index (χ4n) is 4.85. The second-order valence-corrected chi connectivity index (χ2v) is 11.6. The van der Waals surface area contributed by atoms with Crippen LogP contribution in [0.1, 0.15) is 29.7 Å². The van der Waals surface area contributed by atoms with E-state index in [0.29, 0.717) is 16.7 Å². The quantitative estimate of drug-likeness (QED) is 0.171. The van der Waals surface area contributed by atoms with Gasteiger partial charge in [0.15, 0.2) is 5.17 Å². The highest BCUT2D eigenvalue weighted by Crippen LogP contribution is 2.40. The molecule has 0 bridgehead atoms. The largest absolute Gasteiger partial charge is 0.488 e. The SMILES string of the molecule is C[C@H](c1ccccc1)N1C(=O)/C(=C\c2ccc(OCc3cccc4ccccc34)c(Br)c2)SC1=Nc1ccccc1. The fourth-order valence-corrected chi connectivity index (χ4v) is 6.43. The molecule has 5 aromatic carbocycles. The number of hydrogen-bond acceptors (Lipinski definition) is 4. The van der Waals surface area contributed by atoms with E-state index in [1.165, 1.54) is 22.5 Å². The molecule has 6 rings (SSSR count). The lowest BCUT2D eigenvalue weighted by molar-refractivity contribution is -0.123. The van der Waals surface area contributed by atoms with E-state index in [1.54, 1.807) is 4.90 Å². The first kappa shape index (κ1) is 27.1. The molecule has 0 radical (unpaired) electrons. The van der Waals surface area contributed by atoms with E-state index in [0.717, 1.165) is 32.6 Å². The molecule has 1 aliphatic rings. The van der Waals surface area contributed by atoms with Crippen LogP contribution >= 0.6 is 27.7 Å². The molecule has 5 aromatic rings. The number of benzene rings is 5. The molecule has 0 spiro atoms. The van der Waals surface area contributed by atoms with Crippen molar-refractivity contribution in [3.63, 3.8) is 0 Å². The Hall–Kier alpha value is -4.13. The molecule has 0 unspecified atom stereocenters. The summed E-state index contributed by atoms with van der Waals surface area (Å²) in [5.74, 6) is 0.685. The minimum Gasteiger partial charge on any atom is -0.488 e. The maximum absolute atomic E-state index is 13.8. The second kappa shape index (κ2) is 12.2. The maximum atomic E-state index is 13.8. The van der Waals surface area contributed by atoms with Crippen LogP contribution in [0.4, 0.5) is 5.69 Å². The first-order chi connectivity index (χ1) is 20.1. The third kappa shape index (κ3) is 5.99. The monoisotopic (exact) mass is 618 g/mol. The number of nitrogens with zero attached hydrogens (tertiary/aromatic N) is 2. The Morgan fingerprint density at radius 3 is 2.37 bits per heavy atom. The van der Waals surface area contributed by atoms with Gasteiger partial charge < -0.3 is 4.74 Å². The smallest absolute Gasteiger partial charge is 0.267 e. The number of aliphatic imine (C=N–C) groups is 1. The van der Waals surface area contributed by atoms with Gasteiger partial charge in [-0.2, -0.15) is 0 Å². The van der Waals surface area contributed by atoms with Gasteiger partial charge in [-0.25, -0.2) is 4.99 Å². The second-order valence-electron chi connectivity index (χ2n) is 9.72. The third-order valence-electron chi connectivity index (χ3n) is 7.00. The molecule has 0 aliphatic carbocycles. The molecule has 41 heavy (non-hydrogen) atoms. The van der Waals surface area contributed by atoms with Gasteiger partial charge in [0.2, 0.25) is 0 Å². The number of carbonyl (C=O) groups excluding carboxylic acids is 1. The summed E-state index contributed by atoms with van der Waals surface area (Å²) in [5.41, 5.74) is 3.90.